The van der Waals surface area contributed by atoms with E-state index in [2.05, 4.69) is 22.2 Å². The molecule has 2 aliphatic rings. The molecule has 10 heteroatoms. The molecule has 0 spiro atoms. The predicted octanol–water partition coefficient (Wildman–Crippen LogP) is 4.85. The summed E-state index contributed by atoms with van der Waals surface area (Å²) in [5.41, 5.74) is 2.63. The minimum atomic E-state index is -0.382. The number of nitrogens with one attached hydrogen (secondary N) is 2. The van der Waals surface area contributed by atoms with Gasteiger partial charge >= 0.3 is 6.03 Å². The van der Waals surface area contributed by atoms with Gasteiger partial charge in [-0.05, 0) is 49.6 Å². The van der Waals surface area contributed by atoms with Crippen molar-refractivity contribution in [3.63, 3.8) is 0 Å². The van der Waals surface area contributed by atoms with Crippen molar-refractivity contribution in [2.45, 2.75) is 25.8 Å². The Balaban J connectivity index is 1.48. The summed E-state index contributed by atoms with van der Waals surface area (Å²) >= 11 is 7.54. The number of likely N-dealkylation sites (tertiary alicyclic amines) is 1. The molecular formula is C24H22ClN5O3S. The lowest BCUT2D eigenvalue weighted by molar-refractivity contribution is -0.127. The van der Waals surface area contributed by atoms with Crippen molar-refractivity contribution in [3.8, 4) is 0 Å². The van der Waals surface area contributed by atoms with E-state index in [0.29, 0.717) is 50.3 Å². The lowest BCUT2D eigenvalue weighted by Crippen LogP contribution is -2.49. The zero-order chi connectivity index (χ0) is 24.0. The summed E-state index contributed by atoms with van der Waals surface area (Å²) in [6.07, 6.45) is 4.47. The maximum absolute atomic E-state index is 13.2. The lowest BCUT2D eigenvalue weighted by Gasteiger charge is -2.32. The van der Waals surface area contributed by atoms with Gasteiger partial charge < -0.3 is 15.5 Å². The molecule has 4 heterocycles. The molecule has 0 saturated carbocycles. The van der Waals surface area contributed by atoms with Crippen molar-refractivity contribution >= 4 is 68.1 Å². The minimum Gasteiger partial charge on any atom is -0.347 e. The van der Waals surface area contributed by atoms with E-state index in [1.807, 2.05) is 19.1 Å². The largest absolute Gasteiger partial charge is 0.347 e. The Kier molecular flexibility index (Phi) is 5.75. The normalized spacial score (nSPS) is 17.5. The fourth-order valence-corrected chi connectivity index (χ4v) is 5.59. The number of halogens is 1. The number of piperidine rings is 1. The summed E-state index contributed by atoms with van der Waals surface area (Å²) in [6, 6.07) is 6.63. The van der Waals surface area contributed by atoms with Gasteiger partial charge in [0.25, 0.3) is 5.91 Å². The van der Waals surface area contributed by atoms with Gasteiger partial charge in [-0.25, -0.2) is 9.78 Å². The first-order valence-electron chi connectivity index (χ1n) is 10.9. The van der Waals surface area contributed by atoms with E-state index >= 15 is 0 Å². The molecule has 1 aromatic carbocycles. The Morgan fingerprint density at radius 3 is 2.94 bits per heavy atom. The molecular weight excluding hydrogens is 474 g/mol. The number of urea groups is 1. The molecule has 1 saturated heterocycles. The number of benzene rings is 1. The standard InChI is InChI=1S/C24H22ClN5O3S/c1-3-18(31)29-10-4-5-14(12-29)27-22(32)21-20-19-17(8-9-26-23(19)34-21)30(24(33)28-20)15-7-6-13(2)16(25)11-15/h3,6-9,11,14H,1,4-5,10,12H2,2H3,(H,27,32)(H,28,33)/t14-/m1/s1. The molecule has 1 atom stereocenters. The SMILES string of the molecule is C=CC(=O)N1CCC[C@@H](NC(=O)c2sc3nccc4c3c2NC(=O)N4c2ccc(C)c(Cl)c2)C1. The summed E-state index contributed by atoms with van der Waals surface area (Å²) in [7, 11) is 0. The van der Waals surface area contributed by atoms with Crippen LogP contribution in [0.15, 0.2) is 43.1 Å². The Labute approximate surface area is 205 Å². The molecule has 2 aromatic heterocycles. The fraction of sp³-hybridized carbons (Fsp3) is 0.250. The second kappa shape index (κ2) is 8.73. The van der Waals surface area contributed by atoms with E-state index in [1.165, 1.54) is 22.3 Å². The maximum Gasteiger partial charge on any atom is 0.331 e. The number of hydrogen-bond acceptors (Lipinski definition) is 5. The molecule has 3 aromatic rings. The van der Waals surface area contributed by atoms with Crippen molar-refractivity contribution in [2.75, 3.05) is 23.3 Å². The van der Waals surface area contributed by atoms with Crippen LogP contribution in [0.4, 0.5) is 21.9 Å². The topological polar surface area (TPSA) is 94.6 Å². The first kappa shape index (κ1) is 22.4. The number of nitrogens with zero attached hydrogens (tertiary/aromatic N) is 3. The molecule has 4 amide bonds. The van der Waals surface area contributed by atoms with Crippen LogP contribution in [0.25, 0.3) is 10.2 Å². The van der Waals surface area contributed by atoms with Crippen LogP contribution in [0.3, 0.4) is 0 Å². The van der Waals surface area contributed by atoms with Crippen molar-refractivity contribution in [1.29, 1.82) is 0 Å². The smallest absolute Gasteiger partial charge is 0.331 e. The van der Waals surface area contributed by atoms with Gasteiger partial charge in [0, 0.05) is 30.4 Å². The van der Waals surface area contributed by atoms with Gasteiger partial charge in [-0.2, -0.15) is 0 Å². The van der Waals surface area contributed by atoms with Crippen molar-refractivity contribution in [3.05, 3.63) is 58.6 Å². The predicted molar refractivity (Wildman–Crippen MR) is 134 cm³/mol. The Morgan fingerprint density at radius 1 is 1.35 bits per heavy atom. The highest BCUT2D eigenvalue weighted by molar-refractivity contribution is 7.21. The quantitative estimate of drug-likeness (QED) is 0.506. The highest BCUT2D eigenvalue weighted by atomic mass is 35.5. The third-order valence-electron chi connectivity index (χ3n) is 6.11. The molecule has 8 nitrogen and oxygen atoms in total. The van der Waals surface area contributed by atoms with Crippen LogP contribution < -0.4 is 15.5 Å². The molecule has 2 N–H and O–H groups in total. The first-order chi connectivity index (χ1) is 16.4. The Hall–Kier alpha value is -3.43. The van der Waals surface area contributed by atoms with Crippen LogP contribution in [0, 0.1) is 6.92 Å². The van der Waals surface area contributed by atoms with E-state index in [9.17, 15) is 14.4 Å². The zero-order valence-electron chi connectivity index (χ0n) is 18.4. The second-order valence-electron chi connectivity index (χ2n) is 8.32. The number of carbonyl (C=O) groups excluding carboxylic acids is 3. The molecule has 0 radical (unpaired) electrons. The average molecular weight is 496 g/mol. The summed E-state index contributed by atoms with van der Waals surface area (Å²) < 4.78 is 0. The number of thiophene rings is 1. The van der Waals surface area contributed by atoms with Crippen molar-refractivity contribution in [2.24, 2.45) is 0 Å². The third kappa shape index (κ3) is 3.80. The number of amides is 4. The van der Waals surface area contributed by atoms with E-state index in [1.54, 1.807) is 23.2 Å². The van der Waals surface area contributed by atoms with Gasteiger partial charge in [-0.1, -0.05) is 24.2 Å². The van der Waals surface area contributed by atoms with Crippen LogP contribution in [0.1, 0.15) is 28.1 Å². The molecule has 0 unspecified atom stereocenters. The van der Waals surface area contributed by atoms with E-state index in [-0.39, 0.29) is 23.9 Å². The van der Waals surface area contributed by atoms with Gasteiger partial charge in [0.2, 0.25) is 5.91 Å². The highest BCUT2D eigenvalue weighted by Gasteiger charge is 2.33. The molecule has 0 bridgehead atoms. The van der Waals surface area contributed by atoms with E-state index in [0.717, 1.165) is 18.4 Å². The van der Waals surface area contributed by atoms with Gasteiger partial charge in [-0.3, -0.25) is 14.5 Å². The first-order valence-corrected chi connectivity index (χ1v) is 12.1. The number of anilines is 3. The summed E-state index contributed by atoms with van der Waals surface area (Å²) in [6.45, 7) is 6.51. The van der Waals surface area contributed by atoms with Gasteiger partial charge in [0.05, 0.1) is 22.4 Å². The molecule has 34 heavy (non-hydrogen) atoms. The minimum absolute atomic E-state index is 0.145. The Morgan fingerprint density at radius 2 is 2.18 bits per heavy atom. The van der Waals surface area contributed by atoms with Gasteiger partial charge in [0.15, 0.2) is 0 Å². The number of carbonyl (C=O) groups is 3. The fourth-order valence-electron chi connectivity index (χ4n) is 4.40. The van der Waals surface area contributed by atoms with Crippen LogP contribution in [-0.2, 0) is 4.79 Å². The highest BCUT2D eigenvalue weighted by Crippen LogP contribution is 2.46. The number of pyridine rings is 1. The molecule has 174 valence electrons. The van der Waals surface area contributed by atoms with Crippen LogP contribution in [0.2, 0.25) is 5.02 Å². The monoisotopic (exact) mass is 495 g/mol. The lowest BCUT2D eigenvalue weighted by atomic mass is 10.1. The number of rotatable bonds is 4. The maximum atomic E-state index is 13.2. The Bertz CT molecular complexity index is 1350. The number of aromatic nitrogens is 1. The van der Waals surface area contributed by atoms with E-state index < -0.39 is 0 Å². The van der Waals surface area contributed by atoms with Crippen LogP contribution in [0.5, 0.6) is 0 Å². The van der Waals surface area contributed by atoms with Gasteiger partial charge in [0.1, 0.15) is 9.71 Å². The summed E-state index contributed by atoms with van der Waals surface area (Å²) in [5.74, 6) is -0.442. The number of aryl methyl sites for hydroxylation is 1. The van der Waals surface area contributed by atoms with Crippen molar-refractivity contribution in [1.82, 2.24) is 15.2 Å². The number of hydrogen-bond donors (Lipinski definition) is 2. The third-order valence-corrected chi connectivity index (χ3v) is 7.61. The van der Waals surface area contributed by atoms with Crippen LogP contribution in [-0.4, -0.2) is 46.9 Å². The van der Waals surface area contributed by atoms with Crippen LogP contribution >= 0.6 is 22.9 Å². The second-order valence-corrected chi connectivity index (χ2v) is 9.72. The summed E-state index contributed by atoms with van der Waals surface area (Å²) in [4.78, 5) is 47.1. The van der Waals surface area contributed by atoms with Crippen molar-refractivity contribution < 1.29 is 14.4 Å². The summed E-state index contributed by atoms with van der Waals surface area (Å²) in [5, 5.41) is 7.18. The zero-order valence-corrected chi connectivity index (χ0v) is 20.0. The molecule has 1 fully saturated rings. The van der Waals surface area contributed by atoms with Gasteiger partial charge in [-0.15, -0.1) is 11.3 Å². The molecule has 5 rings (SSSR count). The van der Waals surface area contributed by atoms with E-state index in [4.69, 9.17) is 11.6 Å². The molecule has 0 aliphatic carbocycles. The average Bonchev–Trinajstić information content (AvgIpc) is 3.20. The molecule has 2 aliphatic heterocycles.